The fourth-order valence-electron chi connectivity index (χ4n) is 1.56. The van der Waals surface area contributed by atoms with Crippen molar-refractivity contribution in [3.63, 3.8) is 0 Å². The minimum absolute atomic E-state index is 0.369. The zero-order valence-corrected chi connectivity index (χ0v) is 10.5. The van der Waals surface area contributed by atoms with E-state index in [0.29, 0.717) is 16.5 Å². The summed E-state index contributed by atoms with van der Waals surface area (Å²) in [5, 5.41) is 18.9. The molecule has 2 unspecified atom stereocenters. The first kappa shape index (κ1) is 13.1. The first-order valence-electron chi connectivity index (χ1n) is 5.12. The third kappa shape index (κ3) is 3.03. The molecule has 0 aliphatic heterocycles. The molecule has 0 bridgehead atoms. The van der Waals surface area contributed by atoms with Gasteiger partial charge in [-0.25, -0.2) is 4.39 Å². The largest absolute Gasteiger partial charge is 0.387 e. The zero-order chi connectivity index (χ0) is 12.1. The molecule has 0 aliphatic rings. The van der Waals surface area contributed by atoms with Crippen molar-refractivity contribution in [2.24, 2.45) is 5.92 Å². The van der Waals surface area contributed by atoms with Crippen molar-refractivity contribution in [2.45, 2.75) is 25.9 Å². The minimum atomic E-state index is -0.875. The molecule has 0 aromatic heterocycles. The van der Waals surface area contributed by atoms with E-state index in [1.807, 2.05) is 6.92 Å². The van der Waals surface area contributed by atoms with E-state index in [-0.39, 0.29) is 5.82 Å². The van der Waals surface area contributed by atoms with Gasteiger partial charge in [0, 0.05) is 4.47 Å². The molecule has 0 amide bonds. The Morgan fingerprint density at radius 2 is 2.25 bits per heavy atom. The van der Waals surface area contributed by atoms with Crippen LogP contribution < -0.4 is 0 Å². The Morgan fingerprint density at radius 1 is 1.56 bits per heavy atom. The van der Waals surface area contributed by atoms with Crippen LogP contribution in [0.25, 0.3) is 0 Å². The molecule has 0 saturated carbocycles. The van der Waals surface area contributed by atoms with E-state index in [2.05, 4.69) is 22.0 Å². The van der Waals surface area contributed by atoms with Crippen LogP contribution in [0.3, 0.4) is 0 Å². The smallest absolute Gasteiger partial charge is 0.124 e. The van der Waals surface area contributed by atoms with Crippen molar-refractivity contribution in [3.8, 4) is 6.07 Å². The summed E-state index contributed by atoms with van der Waals surface area (Å²) < 4.78 is 13.4. The highest BCUT2D eigenvalue weighted by Crippen LogP contribution is 2.31. The molecule has 86 valence electrons. The highest BCUT2D eigenvalue weighted by atomic mass is 79.9. The lowest BCUT2D eigenvalue weighted by Gasteiger charge is -2.17. The van der Waals surface area contributed by atoms with Crippen LogP contribution in [0.1, 0.15) is 31.4 Å². The number of nitrogens with zero attached hydrogens (tertiary/aromatic N) is 1. The third-order valence-corrected chi connectivity index (χ3v) is 3.11. The molecule has 1 rings (SSSR count). The number of hydrogen-bond acceptors (Lipinski definition) is 2. The van der Waals surface area contributed by atoms with Gasteiger partial charge in [0.2, 0.25) is 0 Å². The number of halogens is 2. The first-order chi connectivity index (χ1) is 7.60. The summed E-state index contributed by atoms with van der Waals surface area (Å²) in [6.45, 7) is 1.96. The zero-order valence-electron chi connectivity index (χ0n) is 8.95. The van der Waals surface area contributed by atoms with Crippen LogP contribution >= 0.6 is 15.9 Å². The van der Waals surface area contributed by atoms with Gasteiger partial charge >= 0.3 is 0 Å². The molecule has 0 fully saturated rings. The highest BCUT2D eigenvalue weighted by molar-refractivity contribution is 9.10. The number of aliphatic hydroxyl groups is 1. The van der Waals surface area contributed by atoms with Gasteiger partial charge in [0.05, 0.1) is 18.1 Å². The quantitative estimate of drug-likeness (QED) is 0.919. The highest BCUT2D eigenvalue weighted by Gasteiger charge is 2.21. The van der Waals surface area contributed by atoms with Gasteiger partial charge in [-0.1, -0.05) is 35.3 Å². The molecule has 16 heavy (non-hydrogen) atoms. The SMILES string of the molecule is CCCC(C#N)C(O)c1ccc(F)cc1Br. The van der Waals surface area contributed by atoms with E-state index in [0.717, 1.165) is 6.42 Å². The van der Waals surface area contributed by atoms with Crippen molar-refractivity contribution in [2.75, 3.05) is 0 Å². The normalized spacial score (nSPS) is 14.2. The van der Waals surface area contributed by atoms with Crippen molar-refractivity contribution < 1.29 is 9.50 Å². The number of aliphatic hydroxyl groups excluding tert-OH is 1. The molecule has 0 heterocycles. The maximum Gasteiger partial charge on any atom is 0.124 e. The molecule has 1 aromatic carbocycles. The molecule has 0 aliphatic carbocycles. The second-order valence-electron chi connectivity index (χ2n) is 3.63. The molecular formula is C12H13BrFNO. The van der Waals surface area contributed by atoms with Gasteiger partial charge in [-0.05, 0) is 24.1 Å². The molecule has 2 nitrogen and oxygen atoms in total. The number of rotatable bonds is 4. The van der Waals surface area contributed by atoms with E-state index < -0.39 is 12.0 Å². The van der Waals surface area contributed by atoms with Crippen LogP contribution in [-0.2, 0) is 0 Å². The summed E-state index contributed by atoms with van der Waals surface area (Å²) in [4.78, 5) is 0. The molecule has 0 radical (unpaired) electrons. The monoisotopic (exact) mass is 285 g/mol. The summed E-state index contributed by atoms with van der Waals surface area (Å²) in [5.74, 6) is -0.821. The summed E-state index contributed by atoms with van der Waals surface area (Å²) in [6.07, 6.45) is 0.579. The summed E-state index contributed by atoms with van der Waals surface area (Å²) in [7, 11) is 0. The van der Waals surface area contributed by atoms with E-state index in [9.17, 15) is 9.50 Å². The predicted octanol–water partition coefficient (Wildman–Crippen LogP) is 3.56. The fourth-order valence-corrected chi connectivity index (χ4v) is 2.15. The predicted molar refractivity (Wildman–Crippen MR) is 63.1 cm³/mol. The maximum absolute atomic E-state index is 12.9. The Bertz CT molecular complexity index is 402. The second kappa shape index (κ2) is 5.97. The van der Waals surface area contributed by atoms with Gasteiger partial charge in [-0.15, -0.1) is 0 Å². The molecule has 4 heteroatoms. The summed E-state index contributed by atoms with van der Waals surface area (Å²) in [5.41, 5.74) is 0.557. The molecular weight excluding hydrogens is 273 g/mol. The Kier molecular flexibility index (Phi) is 4.91. The molecule has 2 atom stereocenters. The number of nitriles is 1. The lowest BCUT2D eigenvalue weighted by molar-refractivity contribution is 0.129. The number of benzene rings is 1. The molecule has 0 saturated heterocycles. The molecule has 1 N–H and O–H groups in total. The standard InChI is InChI=1S/C12H13BrFNO/c1-2-3-8(7-15)12(16)10-5-4-9(14)6-11(10)13/h4-6,8,12,16H,2-3H2,1H3. The van der Waals surface area contributed by atoms with Crippen LogP contribution in [0.4, 0.5) is 4.39 Å². The number of hydrogen-bond donors (Lipinski definition) is 1. The average Bonchev–Trinajstić information content (AvgIpc) is 2.25. The van der Waals surface area contributed by atoms with Crippen LogP contribution in [-0.4, -0.2) is 5.11 Å². The second-order valence-corrected chi connectivity index (χ2v) is 4.49. The van der Waals surface area contributed by atoms with Gasteiger partial charge < -0.3 is 5.11 Å². The van der Waals surface area contributed by atoms with E-state index >= 15 is 0 Å². The summed E-state index contributed by atoms with van der Waals surface area (Å²) >= 11 is 3.19. The van der Waals surface area contributed by atoms with Gasteiger partial charge in [-0.3, -0.25) is 0 Å². The molecule has 1 aromatic rings. The lowest BCUT2D eigenvalue weighted by Crippen LogP contribution is -2.11. The Balaban J connectivity index is 2.95. The van der Waals surface area contributed by atoms with Crippen LogP contribution in [0, 0.1) is 23.1 Å². The van der Waals surface area contributed by atoms with Crippen molar-refractivity contribution in [1.82, 2.24) is 0 Å². The van der Waals surface area contributed by atoms with Crippen molar-refractivity contribution in [1.29, 1.82) is 5.26 Å². The third-order valence-electron chi connectivity index (χ3n) is 2.43. The van der Waals surface area contributed by atoms with Crippen LogP contribution in [0.15, 0.2) is 22.7 Å². The van der Waals surface area contributed by atoms with E-state index in [1.165, 1.54) is 18.2 Å². The average molecular weight is 286 g/mol. The van der Waals surface area contributed by atoms with Gasteiger partial charge in [0.1, 0.15) is 5.82 Å². The topological polar surface area (TPSA) is 44.0 Å². The fraction of sp³-hybridized carbons (Fsp3) is 0.417. The van der Waals surface area contributed by atoms with Gasteiger partial charge in [-0.2, -0.15) is 5.26 Å². The van der Waals surface area contributed by atoms with Crippen LogP contribution in [0.2, 0.25) is 0 Å². The van der Waals surface area contributed by atoms with Crippen molar-refractivity contribution in [3.05, 3.63) is 34.1 Å². The lowest BCUT2D eigenvalue weighted by atomic mass is 9.93. The Morgan fingerprint density at radius 3 is 2.75 bits per heavy atom. The van der Waals surface area contributed by atoms with Crippen LogP contribution in [0.5, 0.6) is 0 Å². The van der Waals surface area contributed by atoms with Gasteiger partial charge in [0.25, 0.3) is 0 Å². The molecule has 0 spiro atoms. The van der Waals surface area contributed by atoms with Crippen molar-refractivity contribution >= 4 is 15.9 Å². The first-order valence-corrected chi connectivity index (χ1v) is 5.92. The summed E-state index contributed by atoms with van der Waals surface area (Å²) in [6, 6.07) is 6.15. The van der Waals surface area contributed by atoms with E-state index in [4.69, 9.17) is 5.26 Å². The Hall–Kier alpha value is -0.920. The van der Waals surface area contributed by atoms with Gasteiger partial charge in [0.15, 0.2) is 0 Å². The minimum Gasteiger partial charge on any atom is -0.387 e. The van der Waals surface area contributed by atoms with E-state index in [1.54, 1.807) is 0 Å². The maximum atomic E-state index is 12.9. The Labute approximate surface area is 103 Å².